The van der Waals surface area contributed by atoms with Crippen molar-refractivity contribution in [2.45, 2.75) is 25.2 Å². The number of benzene rings is 1. The second-order valence-corrected chi connectivity index (χ2v) is 5.92. The predicted octanol–water partition coefficient (Wildman–Crippen LogP) is 0.965. The SMILES string of the molecule is Cc1cc([N+](=O)[O-])cc(S(=O)(=O)NCCC(=O)O)c1C. The van der Waals surface area contributed by atoms with Gasteiger partial charge in [0.2, 0.25) is 10.0 Å². The van der Waals surface area contributed by atoms with Crippen LogP contribution in [-0.2, 0) is 14.8 Å². The molecule has 1 aromatic rings. The van der Waals surface area contributed by atoms with Gasteiger partial charge in [0.1, 0.15) is 0 Å². The second kappa shape index (κ2) is 5.97. The van der Waals surface area contributed by atoms with Crippen molar-refractivity contribution in [3.63, 3.8) is 0 Å². The minimum Gasteiger partial charge on any atom is -0.481 e. The Morgan fingerprint density at radius 2 is 2.00 bits per heavy atom. The Labute approximate surface area is 115 Å². The molecule has 2 N–H and O–H groups in total. The summed E-state index contributed by atoms with van der Waals surface area (Å²) in [6.07, 6.45) is -0.369. The molecule has 0 radical (unpaired) electrons. The van der Waals surface area contributed by atoms with Gasteiger partial charge in [0.15, 0.2) is 0 Å². The van der Waals surface area contributed by atoms with Crippen molar-refractivity contribution in [3.05, 3.63) is 33.4 Å². The van der Waals surface area contributed by atoms with Crippen LogP contribution in [0.2, 0.25) is 0 Å². The number of nitrogens with one attached hydrogen (secondary N) is 1. The van der Waals surface area contributed by atoms with Gasteiger partial charge in [-0.3, -0.25) is 14.9 Å². The molecule has 0 saturated heterocycles. The maximum absolute atomic E-state index is 12.0. The number of hydrogen-bond donors (Lipinski definition) is 2. The van der Waals surface area contributed by atoms with E-state index in [0.29, 0.717) is 11.1 Å². The fourth-order valence-electron chi connectivity index (χ4n) is 1.56. The number of carboxylic acid groups (broad SMARTS) is 1. The lowest BCUT2D eigenvalue weighted by Crippen LogP contribution is -2.27. The van der Waals surface area contributed by atoms with E-state index in [-0.39, 0.29) is 23.5 Å². The number of carbonyl (C=O) groups is 1. The third-order valence-electron chi connectivity index (χ3n) is 2.74. The predicted molar refractivity (Wildman–Crippen MR) is 70.0 cm³/mol. The van der Waals surface area contributed by atoms with Gasteiger partial charge in [-0.2, -0.15) is 0 Å². The molecule has 0 bridgehead atoms. The first kappa shape index (κ1) is 16.1. The number of rotatable bonds is 6. The summed E-state index contributed by atoms with van der Waals surface area (Å²) in [5.41, 5.74) is 0.531. The van der Waals surface area contributed by atoms with E-state index in [9.17, 15) is 23.3 Å². The fourth-order valence-corrected chi connectivity index (χ4v) is 2.93. The Hall–Kier alpha value is -2.00. The summed E-state index contributed by atoms with van der Waals surface area (Å²) in [7, 11) is -3.98. The van der Waals surface area contributed by atoms with E-state index in [2.05, 4.69) is 4.72 Å². The number of carboxylic acids is 1. The molecule has 110 valence electrons. The average molecular weight is 302 g/mol. The van der Waals surface area contributed by atoms with Crippen LogP contribution < -0.4 is 4.72 Å². The second-order valence-electron chi connectivity index (χ2n) is 4.18. The van der Waals surface area contributed by atoms with Crippen LogP contribution in [0.1, 0.15) is 17.5 Å². The molecule has 1 aromatic carbocycles. The summed E-state index contributed by atoms with van der Waals surface area (Å²) < 4.78 is 26.2. The van der Waals surface area contributed by atoms with Crippen LogP contribution in [0.5, 0.6) is 0 Å². The largest absolute Gasteiger partial charge is 0.481 e. The summed E-state index contributed by atoms with van der Waals surface area (Å²) >= 11 is 0. The van der Waals surface area contributed by atoms with Crippen molar-refractivity contribution in [2.24, 2.45) is 0 Å². The summed E-state index contributed by atoms with van der Waals surface area (Å²) in [4.78, 5) is 20.2. The van der Waals surface area contributed by atoms with Crippen LogP contribution >= 0.6 is 0 Å². The normalized spacial score (nSPS) is 11.3. The number of nitrogens with zero attached hydrogens (tertiary/aromatic N) is 1. The molecule has 0 aromatic heterocycles. The molecule has 0 aliphatic carbocycles. The number of non-ortho nitro benzene ring substituents is 1. The number of hydrogen-bond acceptors (Lipinski definition) is 5. The lowest BCUT2D eigenvalue weighted by atomic mass is 10.1. The van der Waals surface area contributed by atoms with Crippen LogP contribution in [0.4, 0.5) is 5.69 Å². The van der Waals surface area contributed by atoms with Crippen molar-refractivity contribution in [2.75, 3.05) is 6.54 Å². The van der Waals surface area contributed by atoms with E-state index in [1.54, 1.807) is 6.92 Å². The van der Waals surface area contributed by atoms with Gasteiger partial charge in [0.25, 0.3) is 5.69 Å². The molecule has 0 fully saturated rings. The van der Waals surface area contributed by atoms with Gasteiger partial charge in [-0.05, 0) is 25.0 Å². The van der Waals surface area contributed by atoms with Gasteiger partial charge in [-0.1, -0.05) is 0 Å². The molecule has 0 aliphatic rings. The topological polar surface area (TPSA) is 127 Å². The number of aryl methyl sites for hydroxylation is 1. The minimum absolute atomic E-state index is 0.213. The van der Waals surface area contributed by atoms with Gasteiger partial charge >= 0.3 is 5.97 Å². The summed E-state index contributed by atoms with van der Waals surface area (Å²) in [6.45, 7) is 2.82. The Bertz CT molecular complexity index is 653. The maximum atomic E-state index is 12.0. The molecular formula is C11H14N2O6S. The lowest BCUT2D eigenvalue weighted by molar-refractivity contribution is -0.385. The van der Waals surface area contributed by atoms with E-state index >= 15 is 0 Å². The molecule has 1 rings (SSSR count). The first-order chi connectivity index (χ1) is 9.15. The van der Waals surface area contributed by atoms with Crippen molar-refractivity contribution in [3.8, 4) is 0 Å². The third kappa shape index (κ3) is 3.75. The maximum Gasteiger partial charge on any atom is 0.304 e. The minimum atomic E-state index is -3.98. The third-order valence-corrected chi connectivity index (χ3v) is 4.32. The highest BCUT2D eigenvalue weighted by Crippen LogP contribution is 2.25. The molecular weight excluding hydrogens is 288 g/mol. The standard InChI is InChI=1S/C11H14N2O6S/c1-7-5-9(13(16)17)6-10(8(7)2)20(18,19)12-4-3-11(14)15/h5-6,12H,3-4H2,1-2H3,(H,14,15). The van der Waals surface area contributed by atoms with Crippen LogP contribution in [0.25, 0.3) is 0 Å². The smallest absolute Gasteiger partial charge is 0.304 e. The zero-order valence-electron chi connectivity index (χ0n) is 10.9. The van der Waals surface area contributed by atoms with E-state index in [1.807, 2.05) is 0 Å². The van der Waals surface area contributed by atoms with E-state index in [1.165, 1.54) is 13.0 Å². The zero-order chi connectivity index (χ0) is 15.5. The van der Waals surface area contributed by atoms with Crippen molar-refractivity contribution >= 4 is 21.7 Å². The van der Waals surface area contributed by atoms with Gasteiger partial charge in [-0.15, -0.1) is 0 Å². The van der Waals surface area contributed by atoms with Crippen molar-refractivity contribution in [1.29, 1.82) is 0 Å². The van der Waals surface area contributed by atoms with E-state index in [0.717, 1.165) is 6.07 Å². The van der Waals surface area contributed by atoms with Gasteiger partial charge in [0.05, 0.1) is 16.2 Å². The average Bonchev–Trinajstić information content (AvgIpc) is 2.31. The molecule has 0 spiro atoms. The first-order valence-electron chi connectivity index (χ1n) is 5.62. The molecule has 0 aliphatic heterocycles. The molecule has 0 heterocycles. The molecule has 20 heavy (non-hydrogen) atoms. The quantitative estimate of drug-likeness (QED) is 0.595. The monoisotopic (exact) mass is 302 g/mol. The fraction of sp³-hybridized carbons (Fsp3) is 0.364. The molecule has 9 heteroatoms. The first-order valence-corrected chi connectivity index (χ1v) is 7.10. The highest BCUT2D eigenvalue weighted by atomic mass is 32.2. The van der Waals surface area contributed by atoms with E-state index in [4.69, 9.17) is 5.11 Å². The Morgan fingerprint density at radius 3 is 2.50 bits per heavy atom. The van der Waals surface area contributed by atoms with Crippen LogP contribution in [-0.4, -0.2) is 31.0 Å². The zero-order valence-corrected chi connectivity index (χ0v) is 11.7. The van der Waals surface area contributed by atoms with Gasteiger partial charge < -0.3 is 5.11 Å². The number of nitro groups is 1. The number of aliphatic carboxylic acids is 1. The van der Waals surface area contributed by atoms with Crippen LogP contribution in [0, 0.1) is 24.0 Å². The Morgan fingerprint density at radius 1 is 1.40 bits per heavy atom. The van der Waals surface area contributed by atoms with Crippen LogP contribution in [0.15, 0.2) is 17.0 Å². The van der Waals surface area contributed by atoms with Gasteiger partial charge in [-0.25, -0.2) is 13.1 Å². The summed E-state index contributed by atoms with van der Waals surface area (Å²) in [6, 6.07) is 2.25. The van der Waals surface area contributed by atoms with Crippen molar-refractivity contribution < 1.29 is 23.2 Å². The Kier molecular flexibility index (Phi) is 4.79. The highest BCUT2D eigenvalue weighted by Gasteiger charge is 2.22. The number of sulfonamides is 1. The molecule has 0 amide bonds. The van der Waals surface area contributed by atoms with Gasteiger partial charge in [0, 0.05) is 18.7 Å². The van der Waals surface area contributed by atoms with Crippen molar-refractivity contribution in [1.82, 2.24) is 4.72 Å². The summed E-state index contributed by atoms with van der Waals surface area (Å²) in [5.74, 6) is -1.14. The lowest BCUT2D eigenvalue weighted by Gasteiger charge is -2.10. The molecule has 0 unspecified atom stereocenters. The molecule has 0 atom stereocenters. The van der Waals surface area contributed by atoms with Crippen LogP contribution in [0.3, 0.4) is 0 Å². The highest BCUT2D eigenvalue weighted by molar-refractivity contribution is 7.89. The molecule has 0 saturated carbocycles. The molecule has 8 nitrogen and oxygen atoms in total. The summed E-state index contributed by atoms with van der Waals surface area (Å²) in [5, 5.41) is 19.2. The Balaban J connectivity index is 3.17. The number of nitro benzene ring substituents is 1. The van der Waals surface area contributed by atoms with E-state index < -0.39 is 20.9 Å².